The predicted molar refractivity (Wildman–Crippen MR) is 141 cm³/mol. The van der Waals surface area contributed by atoms with Crippen molar-refractivity contribution in [2.45, 2.75) is 50.4 Å². The summed E-state index contributed by atoms with van der Waals surface area (Å²) in [6, 6.07) is 7.03. The van der Waals surface area contributed by atoms with Gasteiger partial charge < -0.3 is 25.8 Å². The number of carbonyl (C=O) groups is 2. The molecule has 3 N–H and O–H groups in total. The number of amides is 2. The Morgan fingerprint density at radius 2 is 1.89 bits per heavy atom. The molecule has 4 aliphatic rings. The first kappa shape index (κ1) is 26.4. The lowest BCUT2D eigenvalue weighted by Gasteiger charge is -2.29. The molecule has 1 aromatic carbocycles. The quantitative estimate of drug-likeness (QED) is 0.433. The van der Waals surface area contributed by atoms with Gasteiger partial charge in [0.25, 0.3) is 11.8 Å². The Morgan fingerprint density at radius 1 is 1.11 bits per heavy atom. The number of benzene rings is 1. The lowest BCUT2D eigenvalue weighted by atomic mass is 9.93. The van der Waals surface area contributed by atoms with Crippen LogP contribution in [0.1, 0.15) is 48.0 Å². The molecule has 0 bridgehead atoms. The summed E-state index contributed by atoms with van der Waals surface area (Å²) >= 11 is 0. The Balaban J connectivity index is 1.13. The fraction of sp³-hybridized carbons (Fsp3) is 0.462. The summed E-state index contributed by atoms with van der Waals surface area (Å²) in [5, 5.41) is 9.40. The van der Waals surface area contributed by atoms with E-state index >= 15 is 0 Å². The van der Waals surface area contributed by atoms with Crippen LogP contribution in [0.2, 0.25) is 0 Å². The molecular formula is C26H32F2N6O3S. The zero-order valence-electron chi connectivity index (χ0n) is 20.9. The van der Waals surface area contributed by atoms with Crippen LogP contribution in [0.15, 0.2) is 58.8 Å². The van der Waals surface area contributed by atoms with Crippen molar-refractivity contribution in [1.29, 1.82) is 0 Å². The van der Waals surface area contributed by atoms with E-state index in [1.165, 1.54) is 0 Å². The van der Waals surface area contributed by atoms with Crippen LogP contribution in [0.4, 0.5) is 7.77 Å². The zero-order chi connectivity index (χ0) is 26.7. The third-order valence-electron chi connectivity index (χ3n) is 7.33. The second kappa shape index (κ2) is 11.2. The van der Waals surface area contributed by atoms with Crippen LogP contribution in [0.3, 0.4) is 0 Å². The molecule has 0 aromatic heterocycles. The third kappa shape index (κ3) is 6.60. The van der Waals surface area contributed by atoms with Crippen molar-refractivity contribution in [3.05, 3.63) is 65.5 Å². The Hall–Kier alpha value is -3.25. The van der Waals surface area contributed by atoms with E-state index in [1.807, 2.05) is 47.7 Å². The molecule has 5 rings (SSSR count). The average Bonchev–Trinajstić information content (AvgIpc) is 3.30. The molecule has 2 fully saturated rings. The maximum absolute atomic E-state index is 12.8. The fourth-order valence-corrected chi connectivity index (χ4v) is 5.51. The van der Waals surface area contributed by atoms with Crippen molar-refractivity contribution in [3.63, 3.8) is 0 Å². The number of hydrogen-bond acceptors (Lipinski definition) is 7. The summed E-state index contributed by atoms with van der Waals surface area (Å²) in [7, 11) is -5.06. The first-order chi connectivity index (χ1) is 18.2. The van der Waals surface area contributed by atoms with E-state index in [0.717, 1.165) is 30.5 Å². The maximum atomic E-state index is 12.8. The second-order valence-corrected chi connectivity index (χ2v) is 11.0. The van der Waals surface area contributed by atoms with Crippen molar-refractivity contribution >= 4 is 28.0 Å². The number of fused-ring (bicyclic) bond motifs is 1. The first-order valence-corrected chi connectivity index (χ1v) is 14.3. The van der Waals surface area contributed by atoms with Gasteiger partial charge in [0.1, 0.15) is 6.17 Å². The van der Waals surface area contributed by atoms with Crippen molar-refractivity contribution in [2.75, 3.05) is 26.2 Å². The minimum atomic E-state index is -5.06. The van der Waals surface area contributed by atoms with Gasteiger partial charge in [0.05, 0.1) is 17.3 Å². The largest absolute Gasteiger partial charge is 0.367 e. The van der Waals surface area contributed by atoms with E-state index in [1.54, 1.807) is 6.07 Å². The fourth-order valence-electron chi connectivity index (χ4n) is 4.96. The molecule has 2 amide bonds. The van der Waals surface area contributed by atoms with E-state index < -0.39 is 16.5 Å². The smallest absolute Gasteiger partial charge is 0.360 e. The molecule has 3 heterocycles. The highest BCUT2D eigenvalue weighted by atomic mass is 32.3. The molecule has 12 heteroatoms. The summed E-state index contributed by atoms with van der Waals surface area (Å²) < 4.78 is 38.9. The lowest BCUT2D eigenvalue weighted by Crippen LogP contribution is -2.41. The molecule has 0 radical (unpaired) electrons. The number of piperidine rings is 1. The molecule has 0 spiro atoms. The van der Waals surface area contributed by atoms with Crippen LogP contribution >= 0.6 is 0 Å². The summed E-state index contributed by atoms with van der Waals surface area (Å²) in [6.07, 6.45) is 11.5. The SMILES string of the molecule is O=C(NC1CCC1)C1=CN2C=C(c3cccc(C(=O)NCCN4CCC(N=S(=O)(F)F)CC4)c3)NC2C=C1. The monoisotopic (exact) mass is 546 g/mol. The molecule has 204 valence electrons. The zero-order valence-corrected chi connectivity index (χ0v) is 21.8. The number of carbonyl (C=O) groups excluding carboxylic acids is 2. The van der Waals surface area contributed by atoms with E-state index in [9.17, 15) is 21.6 Å². The standard InChI is InChI=1S/C26H32F2N6O3S/c27-38(28,37)32-22-9-12-33(13-10-22)14-11-29-25(35)19-4-1-3-18(15-19)23-17-34-16-20(7-8-24(34)31-23)26(36)30-21-5-2-6-21/h1,3-4,7-8,15-17,21-22,24,31H,2,5-6,9-14H2,(H,29,35)(H,30,36). The van der Waals surface area contributed by atoms with Gasteiger partial charge in [-0.15, -0.1) is 0 Å². The first-order valence-electron chi connectivity index (χ1n) is 13.0. The van der Waals surface area contributed by atoms with Crippen LogP contribution in [0.25, 0.3) is 5.70 Å². The van der Waals surface area contributed by atoms with Crippen molar-refractivity contribution in [1.82, 2.24) is 25.8 Å². The summed E-state index contributed by atoms with van der Waals surface area (Å²) in [5.41, 5.74) is 2.85. The minimum absolute atomic E-state index is 0.0608. The highest BCUT2D eigenvalue weighted by molar-refractivity contribution is 7.83. The van der Waals surface area contributed by atoms with Gasteiger partial charge >= 0.3 is 10.5 Å². The molecule has 1 atom stereocenters. The normalized spacial score (nSPS) is 22.1. The van der Waals surface area contributed by atoms with Crippen molar-refractivity contribution in [3.8, 4) is 0 Å². The van der Waals surface area contributed by atoms with E-state index in [4.69, 9.17) is 0 Å². The summed E-state index contributed by atoms with van der Waals surface area (Å²) in [4.78, 5) is 29.3. The lowest BCUT2D eigenvalue weighted by molar-refractivity contribution is -0.118. The van der Waals surface area contributed by atoms with Crippen molar-refractivity contribution in [2.24, 2.45) is 4.36 Å². The molecule has 1 saturated carbocycles. The van der Waals surface area contributed by atoms with Gasteiger partial charge in [0.2, 0.25) is 0 Å². The number of nitrogens with zero attached hydrogens (tertiary/aromatic N) is 3. The Bertz CT molecular complexity index is 1290. The third-order valence-corrected chi connectivity index (χ3v) is 7.87. The van der Waals surface area contributed by atoms with Gasteiger partial charge in [-0.1, -0.05) is 19.9 Å². The number of rotatable bonds is 8. The molecule has 1 aromatic rings. The van der Waals surface area contributed by atoms with Gasteiger partial charge in [0.15, 0.2) is 0 Å². The molecule has 9 nitrogen and oxygen atoms in total. The second-order valence-electron chi connectivity index (χ2n) is 10.0. The number of halogens is 2. The average molecular weight is 547 g/mol. The molecular weight excluding hydrogens is 514 g/mol. The molecule has 1 aliphatic carbocycles. The summed E-state index contributed by atoms with van der Waals surface area (Å²) in [5.74, 6) is -0.258. The van der Waals surface area contributed by atoms with E-state index in [2.05, 4.69) is 25.2 Å². The predicted octanol–water partition coefficient (Wildman–Crippen LogP) is 2.77. The van der Waals surface area contributed by atoms with Gasteiger partial charge in [-0.2, -0.15) is 8.57 Å². The van der Waals surface area contributed by atoms with Crippen LogP contribution in [0.5, 0.6) is 0 Å². The Labute approximate surface area is 221 Å². The highest BCUT2D eigenvalue weighted by Gasteiger charge is 2.27. The number of nitrogens with one attached hydrogen (secondary N) is 3. The minimum Gasteiger partial charge on any atom is -0.360 e. The molecule has 1 unspecified atom stereocenters. The molecule has 3 aliphatic heterocycles. The topological polar surface area (TPSA) is 106 Å². The Morgan fingerprint density at radius 3 is 2.61 bits per heavy atom. The van der Waals surface area contributed by atoms with E-state index in [-0.39, 0.29) is 24.0 Å². The summed E-state index contributed by atoms with van der Waals surface area (Å²) in [6.45, 7) is 2.15. The van der Waals surface area contributed by atoms with Gasteiger partial charge in [0, 0.05) is 50.2 Å². The Kier molecular flexibility index (Phi) is 7.80. The molecule has 38 heavy (non-hydrogen) atoms. The number of hydrogen-bond donors (Lipinski definition) is 3. The molecule has 1 saturated heterocycles. The van der Waals surface area contributed by atoms with Crippen LogP contribution in [-0.4, -0.2) is 70.3 Å². The number of likely N-dealkylation sites (tertiary alicyclic amines) is 1. The van der Waals surface area contributed by atoms with Crippen LogP contribution in [-0.2, 0) is 15.3 Å². The van der Waals surface area contributed by atoms with Gasteiger partial charge in [-0.25, -0.2) is 0 Å². The van der Waals surface area contributed by atoms with Gasteiger partial charge in [-0.3, -0.25) is 9.59 Å². The maximum Gasteiger partial charge on any atom is 0.367 e. The van der Waals surface area contributed by atoms with Crippen LogP contribution in [0, 0.1) is 0 Å². The van der Waals surface area contributed by atoms with Crippen molar-refractivity contribution < 1.29 is 21.6 Å². The van der Waals surface area contributed by atoms with Gasteiger partial charge in [-0.05, 0) is 62.0 Å². The van der Waals surface area contributed by atoms with E-state index in [0.29, 0.717) is 50.2 Å². The highest BCUT2D eigenvalue weighted by Crippen LogP contribution is 2.26. The van der Waals surface area contributed by atoms with Crippen LogP contribution < -0.4 is 16.0 Å².